The molecule has 0 fully saturated rings. The lowest BCUT2D eigenvalue weighted by Crippen LogP contribution is -2.41. The third-order valence-electron chi connectivity index (χ3n) is 3.07. The van der Waals surface area contributed by atoms with Gasteiger partial charge in [0.2, 0.25) is 0 Å². The zero-order valence-electron chi connectivity index (χ0n) is 11.4. The monoisotopic (exact) mass is 296 g/mol. The van der Waals surface area contributed by atoms with E-state index in [0.29, 0.717) is 11.1 Å². The molecule has 3 aromatic rings. The Hall–Kier alpha value is -3.28. The molecule has 1 aromatic heterocycles. The highest BCUT2D eigenvalue weighted by atomic mass is 16.3. The van der Waals surface area contributed by atoms with Gasteiger partial charge in [0, 0.05) is 10.9 Å². The van der Waals surface area contributed by atoms with Gasteiger partial charge in [0.05, 0.1) is 0 Å². The van der Waals surface area contributed by atoms with Gasteiger partial charge in [-0.3, -0.25) is 20.4 Å². The van der Waals surface area contributed by atoms with Crippen molar-refractivity contribution in [2.45, 2.75) is 0 Å². The minimum absolute atomic E-state index is 0.0582. The third-order valence-corrected chi connectivity index (χ3v) is 3.07. The molecule has 0 saturated heterocycles. The number of benzene rings is 2. The Morgan fingerprint density at radius 3 is 2.32 bits per heavy atom. The van der Waals surface area contributed by atoms with Crippen molar-refractivity contribution in [3.8, 4) is 5.75 Å². The number of hydrazine groups is 1. The summed E-state index contributed by atoms with van der Waals surface area (Å²) >= 11 is 0. The van der Waals surface area contributed by atoms with Crippen molar-refractivity contribution in [3.05, 3.63) is 65.9 Å². The molecular formula is C16H12N2O4. The first-order valence-corrected chi connectivity index (χ1v) is 6.52. The molecule has 0 aliphatic carbocycles. The molecule has 2 amide bonds. The number of phenols is 1. The lowest BCUT2D eigenvalue weighted by atomic mass is 10.2. The van der Waals surface area contributed by atoms with Gasteiger partial charge in [-0.25, -0.2) is 0 Å². The van der Waals surface area contributed by atoms with E-state index < -0.39 is 11.8 Å². The second-order valence-electron chi connectivity index (χ2n) is 4.60. The van der Waals surface area contributed by atoms with E-state index in [2.05, 4.69) is 10.9 Å². The van der Waals surface area contributed by atoms with Gasteiger partial charge in [-0.1, -0.05) is 18.2 Å². The number of amides is 2. The maximum absolute atomic E-state index is 11.9. The summed E-state index contributed by atoms with van der Waals surface area (Å²) in [4.78, 5) is 23.8. The van der Waals surface area contributed by atoms with Gasteiger partial charge in [-0.2, -0.15) is 0 Å². The van der Waals surface area contributed by atoms with Crippen LogP contribution in [0.2, 0.25) is 0 Å². The fraction of sp³-hybridized carbons (Fsp3) is 0. The van der Waals surface area contributed by atoms with Crippen LogP contribution in [0.1, 0.15) is 20.9 Å². The second-order valence-corrected chi connectivity index (χ2v) is 4.60. The maximum Gasteiger partial charge on any atom is 0.305 e. The van der Waals surface area contributed by atoms with Crippen molar-refractivity contribution in [1.82, 2.24) is 10.9 Å². The van der Waals surface area contributed by atoms with E-state index in [1.165, 1.54) is 24.3 Å². The van der Waals surface area contributed by atoms with Crippen molar-refractivity contribution >= 4 is 22.8 Å². The van der Waals surface area contributed by atoms with E-state index in [1.54, 1.807) is 18.2 Å². The number of aromatic hydroxyl groups is 1. The topological polar surface area (TPSA) is 91.6 Å². The summed E-state index contributed by atoms with van der Waals surface area (Å²) in [5.41, 5.74) is 5.46. The van der Waals surface area contributed by atoms with Crippen LogP contribution in [0.25, 0.3) is 11.0 Å². The van der Waals surface area contributed by atoms with Crippen molar-refractivity contribution < 1.29 is 19.1 Å². The number of para-hydroxylation sites is 1. The van der Waals surface area contributed by atoms with Crippen molar-refractivity contribution in [2.75, 3.05) is 0 Å². The number of furan rings is 1. The first-order valence-electron chi connectivity index (χ1n) is 6.52. The van der Waals surface area contributed by atoms with E-state index in [0.717, 1.165) is 5.39 Å². The molecule has 0 bridgehead atoms. The van der Waals surface area contributed by atoms with Crippen LogP contribution >= 0.6 is 0 Å². The summed E-state index contributed by atoms with van der Waals surface area (Å²) in [5.74, 6) is -0.886. The fourth-order valence-electron chi connectivity index (χ4n) is 1.95. The van der Waals surface area contributed by atoms with Crippen LogP contribution in [0.3, 0.4) is 0 Å². The van der Waals surface area contributed by atoms with Crippen molar-refractivity contribution in [2.24, 2.45) is 0 Å². The van der Waals surface area contributed by atoms with E-state index in [4.69, 9.17) is 9.52 Å². The predicted octanol–water partition coefficient (Wildman–Crippen LogP) is 2.21. The van der Waals surface area contributed by atoms with Crippen LogP contribution in [-0.2, 0) is 0 Å². The molecule has 0 aliphatic heterocycles. The highest BCUT2D eigenvalue weighted by Gasteiger charge is 2.13. The second kappa shape index (κ2) is 5.61. The Balaban J connectivity index is 1.66. The zero-order chi connectivity index (χ0) is 15.5. The molecule has 3 rings (SSSR count). The molecule has 0 aliphatic rings. The molecule has 1 heterocycles. The molecular weight excluding hydrogens is 284 g/mol. The summed E-state index contributed by atoms with van der Waals surface area (Å²) in [6.07, 6.45) is 0. The summed E-state index contributed by atoms with van der Waals surface area (Å²) in [7, 11) is 0. The number of fused-ring (bicyclic) bond motifs is 1. The molecule has 0 atom stereocenters. The van der Waals surface area contributed by atoms with E-state index >= 15 is 0 Å². The standard InChI is InChI=1S/C16H12N2O4/c19-12-7-5-10(6-8-12)15(20)17-18-16(21)14-9-11-3-1-2-4-13(11)22-14/h1-9,19H,(H,17,20)(H,18,21). The van der Waals surface area contributed by atoms with Crippen LogP contribution in [0.5, 0.6) is 5.75 Å². The summed E-state index contributed by atoms with van der Waals surface area (Å²) in [6, 6.07) is 14.5. The van der Waals surface area contributed by atoms with Gasteiger partial charge < -0.3 is 9.52 Å². The molecule has 0 unspecified atom stereocenters. The average molecular weight is 296 g/mol. The van der Waals surface area contributed by atoms with Crippen LogP contribution < -0.4 is 10.9 Å². The van der Waals surface area contributed by atoms with Gasteiger partial charge in [-0.15, -0.1) is 0 Å². The Bertz CT molecular complexity index is 804. The minimum atomic E-state index is -0.552. The normalized spacial score (nSPS) is 10.4. The summed E-state index contributed by atoms with van der Waals surface area (Å²) in [5, 5.41) is 9.96. The Kier molecular flexibility index (Phi) is 3.49. The highest BCUT2D eigenvalue weighted by Crippen LogP contribution is 2.18. The van der Waals surface area contributed by atoms with Crippen molar-refractivity contribution in [3.63, 3.8) is 0 Å². The lowest BCUT2D eigenvalue weighted by molar-refractivity contribution is 0.0832. The zero-order valence-corrected chi connectivity index (χ0v) is 11.4. The lowest BCUT2D eigenvalue weighted by Gasteiger charge is -2.05. The quantitative estimate of drug-likeness (QED) is 0.632. The average Bonchev–Trinajstić information content (AvgIpc) is 2.97. The van der Waals surface area contributed by atoms with Crippen LogP contribution in [0.4, 0.5) is 0 Å². The number of nitrogens with one attached hydrogen (secondary N) is 2. The fourth-order valence-corrected chi connectivity index (χ4v) is 1.95. The Labute approximate surface area is 125 Å². The largest absolute Gasteiger partial charge is 0.508 e. The number of hydrogen-bond acceptors (Lipinski definition) is 4. The number of rotatable bonds is 2. The maximum atomic E-state index is 11.9. The predicted molar refractivity (Wildman–Crippen MR) is 79.3 cm³/mol. The molecule has 6 nitrogen and oxygen atoms in total. The minimum Gasteiger partial charge on any atom is -0.508 e. The van der Waals surface area contributed by atoms with E-state index in [9.17, 15) is 9.59 Å². The Morgan fingerprint density at radius 1 is 0.909 bits per heavy atom. The highest BCUT2D eigenvalue weighted by molar-refractivity contribution is 5.99. The van der Waals surface area contributed by atoms with Crippen LogP contribution in [0.15, 0.2) is 59.0 Å². The number of carbonyl (C=O) groups excluding carboxylic acids is 2. The van der Waals surface area contributed by atoms with E-state index in [1.807, 2.05) is 12.1 Å². The summed E-state index contributed by atoms with van der Waals surface area (Å²) < 4.78 is 5.39. The summed E-state index contributed by atoms with van der Waals surface area (Å²) in [6.45, 7) is 0. The first kappa shape index (κ1) is 13.7. The molecule has 6 heteroatoms. The van der Waals surface area contributed by atoms with Crippen molar-refractivity contribution in [1.29, 1.82) is 0 Å². The number of carbonyl (C=O) groups is 2. The van der Waals surface area contributed by atoms with Gasteiger partial charge in [0.1, 0.15) is 11.3 Å². The molecule has 22 heavy (non-hydrogen) atoms. The SMILES string of the molecule is O=C(NNC(=O)c1cc2ccccc2o1)c1ccc(O)cc1. The molecule has 110 valence electrons. The first-order chi connectivity index (χ1) is 10.6. The number of phenolic OH excluding ortho intramolecular Hbond substituents is 1. The number of hydrogen-bond donors (Lipinski definition) is 3. The van der Waals surface area contributed by atoms with Gasteiger partial charge in [0.15, 0.2) is 5.76 Å². The van der Waals surface area contributed by atoms with Gasteiger partial charge in [0.25, 0.3) is 5.91 Å². The third kappa shape index (κ3) is 2.76. The molecule has 0 radical (unpaired) electrons. The van der Waals surface area contributed by atoms with Crippen LogP contribution in [-0.4, -0.2) is 16.9 Å². The van der Waals surface area contributed by atoms with E-state index in [-0.39, 0.29) is 11.5 Å². The molecule has 0 saturated carbocycles. The van der Waals surface area contributed by atoms with Crippen LogP contribution in [0, 0.1) is 0 Å². The van der Waals surface area contributed by atoms with Gasteiger partial charge in [-0.05, 0) is 36.4 Å². The molecule has 3 N–H and O–H groups in total. The molecule has 2 aromatic carbocycles. The smallest absolute Gasteiger partial charge is 0.305 e. The Morgan fingerprint density at radius 2 is 1.59 bits per heavy atom. The van der Waals surface area contributed by atoms with Gasteiger partial charge >= 0.3 is 5.91 Å². The molecule has 0 spiro atoms.